The highest BCUT2D eigenvalue weighted by molar-refractivity contribution is 6.24. The molecule has 1 atom stereocenters. The summed E-state index contributed by atoms with van der Waals surface area (Å²) in [6, 6.07) is 6.09. The van der Waals surface area contributed by atoms with Gasteiger partial charge in [-0.15, -0.1) is 0 Å². The van der Waals surface area contributed by atoms with Crippen molar-refractivity contribution in [3.8, 4) is 6.07 Å². The molecule has 1 saturated heterocycles. The SMILES string of the molecule is C[C@]1(N2C(=O)c3ccc(C#N)cc3C2=O)CCC(=O)NC1=O. The van der Waals surface area contributed by atoms with E-state index in [9.17, 15) is 19.2 Å². The van der Waals surface area contributed by atoms with Crippen molar-refractivity contribution in [2.75, 3.05) is 0 Å². The summed E-state index contributed by atoms with van der Waals surface area (Å²) >= 11 is 0. The van der Waals surface area contributed by atoms with Crippen LogP contribution in [-0.2, 0) is 9.59 Å². The van der Waals surface area contributed by atoms with Crippen LogP contribution in [0.3, 0.4) is 0 Å². The molecular formula is C15H11N3O4. The number of hydrogen-bond acceptors (Lipinski definition) is 5. The van der Waals surface area contributed by atoms with E-state index in [1.165, 1.54) is 25.1 Å². The van der Waals surface area contributed by atoms with Crippen molar-refractivity contribution in [2.24, 2.45) is 0 Å². The van der Waals surface area contributed by atoms with Crippen molar-refractivity contribution in [3.05, 3.63) is 34.9 Å². The van der Waals surface area contributed by atoms with E-state index >= 15 is 0 Å². The van der Waals surface area contributed by atoms with Crippen LogP contribution in [0.2, 0.25) is 0 Å². The van der Waals surface area contributed by atoms with Gasteiger partial charge in [-0.05, 0) is 31.5 Å². The third kappa shape index (κ3) is 1.74. The number of hydrogen-bond donors (Lipinski definition) is 1. The van der Waals surface area contributed by atoms with E-state index in [1.54, 1.807) is 0 Å². The van der Waals surface area contributed by atoms with Gasteiger partial charge in [0.15, 0.2) is 0 Å². The Kier molecular flexibility index (Phi) is 2.85. The maximum atomic E-state index is 12.5. The Hall–Kier alpha value is -3.01. The first-order valence-electron chi connectivity index (χ1n) is 6.66. The molecule has 1 aromatic carbocycles. The lowest BCUT2D eigenvalue weighted by Gasteiger charge is -2.38. The molecule has 0 aromatic heterocycles. The lowest BCUT2D eigenvalue weighted by Crippen LogP contribution is -2.62. The molecule has 7 heteroatoms. The molecule has 2 aliphatic rings. The summed E-state index contributed by atoms with van der Waals surface area (Å²) in [5.41, 5.74) is -0.881. The fraction of sp³-hybridized carbons (Fsp3) is 0.267. The molecule has 0 saturated carbocycles. The topological polar surface area (TPSA) is 107 Å². The van der Waals surface area contributed by atoms with E-state index in [2.05, 4.69) is 5.32 Å². The summed E-state index contributed by atoms with van der Waals surface area (Å²) in [7, 11) is 0. The molecule has 0 radical (unpaired) electrons. The molecule has 1 fully saturated rings. The fourth-order valence-electron chi connectivity index (χ4n) is 2.77. The van der Waals surface area contributed by atoms with Crippen LogP contribution in [0.4, 0.5) is 0 Å². The smallest absolute Gasteiger partial charge is 0.262 e. The lowest BCUT2D eigenvalue weighted by molar-refractivity contribution is -0.140. The number of nitrogens with zero attached hydrogens (tertiary/aromatic N) is 2. The molecule has 4 amide bonds. The van der Waals surface area contributed by atoms with Crippen LogP contribution in [0.15, 0.2) is 18.2 Å². The minimum Gasteiger partial charge on any atom is -0.294 e. The second-order valence-electron chi connectivity index (χ2n) is 5.47. The number of fused-ring (bicyclic) bond motifs is 1. The molecule has 7 nitrogen and oxygen atoms in total. The van der Waals surface area contributed by atoms with Crippen LogP contribution in [0.1, 0.15) is 46.0 Å². The molecule has 0 unspecified atom stereocenters. The van der Waals surface area contributed by atoms with Gasteiger partial charge in [0.25, 0.3) is 17.7 Å². The second-order valence-corrected chi connectivity index (χ2v) is 5.47. The standard InChI is InChI=1S/C15H11N3O4/c1-15(5-4-11(19)17-14(15)22)18-12(20)9-3-2-8(7-16)6-10(9)13(18)21/h2-3,6H,4-5H2,1H3,(H,17,19,22)/t15-/m0/s1. The second kappa shape index (κ2) is 4.49. The maximum Gasteiger partial charge on any atom is 0.262 e. The first-order chi connectivity index (χ1) is 10.4. The van der Waals surface area contributed by atoms with Gasteiger partial charge in [-0.3, -0.25) is 29.4 Å². The average molecular weight is 297 g/mol. The van der Waals surface area contributed by atoms with Crippen LogP contribution in [0.5, 0.6) is 0 Å². The molecule has 22 heavy (non-hydrogen) atoms. The first kappa shape index (κ1) is 13.9. The quantitative estimate of drug-likeness (QED) is 0.752. The van der Waals surface area contributed by atoms with Gasteiger partial charge in [0.05, 0.1) is 22.8 Å². The summed E-state index contributed by atoms with van der Waals surface area (Å²) in [5.74, 6) is -2.30. The minimum absolute atomic E-state index is 0.0547. The number of rotatable bonds is 1. The van der Waals surface area contributed by atoms with Crippen molar-refractivity contribution in [2.45, 2.75) is 25.3 Å². The third-order valence-electron chi connectivity index (χ3n) is 4.09. The van der Waals surface area contributed by atoms with Gasteiger partial charge in [-0.2, -0.15) is 5.26 Å². The Balaban J connectivity index is 2.06. The van der Waals surface area contributed by atoms with Gasteiger partial charge in [0.2, 0.25) is 5.91 Å². The number of nitrogens with one attached hydrogen (secondary N) is 1. The molecule has 0 spiro atoms. The Bertz CT molecular complexity index is 792. The van der Waals surface area contributed by atoms with Crippen LogP contribution >= 0.6 is 0 Å². The van der Waals surface area contributed by atoms with E-state index in [4.69, 9.17) is 5.26 Å². The van der Waals surface area contributed by atoms with Crippen LogP contribution in [-0.4, -0.2) is 34.1 Å². The zero-order chi connectivity index (χ0) is 16.1. The molecular weight excluding hydrogens is 286 g/mol. The Morgan fingerprint density at radius 1 is 1.18 bits per heavy atom. The van der Waals surface area contributed by atoms with Crippen molar-refractivity contribution in [1.82, 2.24) is 10.2 Å². The van der Waals surface area contributed by atoms with E-state index < -0.39 is 29.2 Å². The number of carbonyl (C=O) groups is 4. The summed E-state index contributed by atoms with van der Waals surface area (Å²) in [4.78, 5) is 49.4. The van der Waals surface area contributed by atoms with E-state index in [0.29, 0.717) is 0 Å². The van der Waals surface area contributed by atoms with Gasteiger partial charge >= 0.3 is 0 Å². The van der Waals surface area contributed by atoms with E-state index in [0.717, 1.165) is 4.90 Å². The van der Waals surface area contributed by atoms with Crippen molar-refractivity contribution < 1.29 is 19.2 Å². The molecule has 2 aliphatic heterocycles. The summed E-state index contributed by atoms with van der Waals surface area (Å²) in [5, 5.41) is 11.1. The van der Waals surface area contributed by atoms with Crippen molar-refractivity contribution in [3.63, 3.8) is 0 Å². The minimum atomic E-state index is -1.41. The molecule has 3 rings (SSSR count). The monoisotopic (exact) mass is 297 g/mol. The first-order valence-corrected chi connectivity index (χ1v) is 6.66. The number of benzene rings is 1. The zero-order valence-electron chi connectivity index (χ0n) is 11.7. The normalized spacial score (nSPS) is 24.1. The maximum absolute atomic E-state index is 12.5. The van der Waals surface area contributed by atoms with E-state index in [-0.39, 0.29) is 29.5 Å². The Labute approximate surface area is 125 Å². The van der Waals surface area contributed by atoms with Crippen LogP contribution < -0.4 is 5.32 Å². The Morgan fingerprint density at radius 2 is 1.86 bits per heavy atom. The number of amides is 4. The number of imide groups is 2. The molecule has 1 aromatic rings. The molecule has 0 bridgehead atoms. The summed E-state index contributed by atoms with van der Waals surface area (Å²) in [6.07, 6.45) is 0.132. The number of nitriles is 1. The third-order valence-corrected chi connectivity index (χ3v) is 4.09. The van der Waals surface area contributed by atoms with Gasteiger partial charge in [-0.25, -0.2) is 0 Å². The number of carbonyl (C=O) groups excluding carboxylic acids is 4. The highest BCUT2D eigenvalue weighted by Crippen LogP contribution is 2.34. The molecule has 2 heterocycles. The van der Waals surface area contributed by atoms with Gasteiger partial charge < -0.3 is 0 Å². The van der Waals surface area contributed by atoms with Gasteiger partial charge in [-0.1, -0.05) is 0 Å². The highest BCUT2D eigenvalue weighted by atomic mass is 16.2. The van der Waals surface area contributed by atoms with Crippen molar-refractivity contribution >= 4 is 23.6 Å². The molecule has 1 N–H and O–H groups in total. The lowest BCUT2D eigenvalue weighted by atomic mass is 9.89. The van der Waals surface area contributed by atoms with Crippen molar-refractivity contribution in [1.29, 1.82) is 5.26 Å². The predicted molar refractivity (Wildman–Crippen MR) is 72.4 cm³/mol. The Morgan fingerprint density at radius 3 is 2.50 bits per heavy atom. The average Bonchev–Trinajstić information content (AvgIpc) is 2.75. The zero-order valence-corrected chi connectivity index (χ0v) is 11.7. The molecule has 0 aliphatic carbocycles. The molecule has 110 valence electrons. The fourth-order valence-corrected chi connectivity index (χ4v) is 2.77. The van der Waals surface area contributed by atoms with E-state index in [1.807, 2.05) is 6.07 Å². The predicted octanol–water partition coefficient (Wildman–Crippen LogP) is 0.350. The number of piperidine rings is 1. The van der Waals surface area contributed by atoms with Gasteiger partial charge in [0, 0.05) is 6.42 Å². The van der Waals surface area contributed by atoms with Gasteiger partial charge in [0.1, 0.15) is 5.54 Å². The van der Waals surface area contributed by atoms with Crippen LogP contribution in [0, 0.1) is 11.3 Å². The summed E-state index contributed by atoms with van der Waals surface area (Å²) in [6.45, 7) is 1.46. The van der Waals surface area contributed by atoms with Crippen LogP contribution in [0.25, 0.3) is 0 Å². The summed E-state index contributed by atoms with van der Waals surface area (Å²) < 4.78 is 0. The largest absolute Gasteiger partial charge is 0.294 e. The highest BCUT2D eigenvalue weighted by Gasteiger charge is 2.52.